The van der Waals surface area contributed by atoms with E-state index in [0.29, 0.717) is 12.6 Å². The van der Waals surface area contributed by atoms with E-state index < -0.39 is 0 Å². The van der Waals surface area contributed by atoms with Crippen molar-refractivity contribution >= 4 is 5.97 Å². The minimum absolute atomic E-state index is 0.115. The minimum atomic E-state index is -0.115. The van der Waals surface area contributed by atoms with Crippen LogP contribution in [-0.2, 0) is 9.53 Å². The van der Waals surface area contributed by atoms with E-state index in [9.17, 15) is 4.79 Å². The van der Waals surface area contributed by atoms with E-state index in [1.807, 2.05) is 0 Å². The van der Waals surface area contributed by atoms with E-state index in [1.54, 1.807) is 0 Å². The summed E-state index contributed by atoms with van der Waals surface area (Å²) in [5.41, 5.74) is 0. The lowest BCUT2D eigenvalue weighted by Crippen LogP contribution is -2.33. The molecule has 1 fully saturated rings. The van der Waals surface area contributed by atoms with Gasteiger partial charge in [0.05, 0.1) is 13.7 Å². The maximum absolute atomic E-state index is 11.0. The molecule has 12 heavy (non-hydrogen) atoms. The highest BCUT2D eigenvalue weighted by Crippen LogP contribution is 2.26. The minimum Gasteiger partial charge on any atom is -0.468 e. The van der Waals surface area contributed by atoms with Gasteiger partial charge in [-0.1, -0.05) is 6.92 Å². The Morgan fingerprint density at radius 2 is 2.25 bits per heavy atom. The molecule has 0 aromatic carbocycles. The average molecular weight is 171 g/mol. The predicted molar refractivity (Wildman–Crippen MR) is 46.9 cm³/mol. The molecule has 1 aliphatic carbocycles. The van der Waals surface area contributed by atoms with Crippen molar-refractivity contribution in [3.63, 3.8) is 0 Å². The SMILES string of the molecule is CCCN(CC(=O)OC)C1CC1. The summed E-state index contributed by atoms with van der Waals surface area (Å²) in [7, 11) is 1.44. The molecule has 0 radical (unpaired) electrons. The first-order chi connectivity index (χ1) is 5.77. The van der Waals surface area contributed by atoms with Gasteiger partial charge in [0.2, 0.25) is 0 Å². The maximum atomic E-state index is 11.0. The Balaban J connectivity index is 2.26. The Morgan fingerprint density at radius 1 is 1.58 bits per heavy atom. The van der Waals surface area contributed by atoms with E-state index in [0.717, 1.165) is 13.0 Å². The summed E-state index contributed by atoms with van der Waals surface area (Å²) in [4.78, 5) is 13.2. The molecule has 0 N–H and O–H groups in total. The highest BCUT2D eigenvalue weighted by atomic mass is 16.5. The van der Waals surface area contributed by atoms with Crippen molar-refractivity contribution in [3.05, 3.63) is 0 Å². The van der Waals surface area contributed by atoms with Crippen LogP contribution in [0, 0.1) is 0 Å². The predicted octanol–water partition coefficient (Wildman–Crippen LogP) is 1.03. The topological polar surface area (TPSA) is 29.5 Å². The molecule has 0 bridgehead atoms. The van der Waals surface area contributed by atoms with Crippen molar-refractivity contribution in [2.75, 3.05) is 20.2 Å². The molecule has 0 heterocycles. The van der Waals surface area contributed by atoms with Crippen LogP contribution in [0.5, 0.6) is 0 Å². The molecular formula is C9H17NO2. The van der Waals surface area contributed by atoms with Gasteiger partial charge in [0, 0.05) is 6.04 Å². The van der Waals surface area contributed by atoms with Crippen molar-refractivity contribution in [3.8, 4) is 0 Å². The summed E-state index contributed by atoms with van der Waals surface area (Å²) in [6.45, 7) is 3.61. The molecule has 1 aliphatic rings. The molecule has 1 saturated carbocycles. The smallest absolute Gasteiger partial charge is 0.319 e. The summed E-state index contributed by atoms with van der Waals surface area (Å²) in [5, 5.41) is 0. The van der Waals surface area contributed by atoms with Gasteiger partial charge >= 0.3 is 5.97 Å². The van der Waals surface area contributed by atoms with Gasteiger partial charge in [-0.25, -0.2) is 0 Å². The van der Waals surface area contributed by atoms with Crippen LogP contribution < -0.4 is 0 Å². The largest absolute Gasteiger partial charge is 0.468 e. The number of hydrogen-bond donors (Lipinski definition) is 0. The number of methoxy groups -OCH3 is 1. The first-order valence-corrected chi connectivity index (χ1v) is 4.58. The Bertz CT molecular complexity index is 155. The van der Waals surface area contributed by atoms with Crippen molar-refractivity contribution < 1.29 is 9.53 Å². The average Bonchev–Trinajstić information content (AvgIpc) is 2.86. The van der Waals surface area contributed by atoms with Crippen LogP contribution in [0.3, 0.4) is 0 Å². The number of rotatable bonds is 5. The molecule has 0 spiro atoms. The van der Waals surface area contributed by atoms with Gasteiger partial charge in [-0.2, -0.15) is 0 Å². The van der Waals surface area contributed by atoms with Gasteiger partial charge in [0.1, 0.15) is 0 Å². The van der Waals surface area contributed by atoms with Crippen molar-refractivity contribution in [2.45, 2.75) is 32.2 Å². The standard InChI is InChI=1S/C9H17NO2/c1-3-6-10(8-4-5-8)7-9(11)12-2/h8H,3-7H2,1-2H3. The van der Waals surface area contributed by atoms with Crippen LogP contribution >= 0.6 is 0 Å². The summed E-state index contributed by atoms with van der Waals surface area (Å²) in [5.74, 6) is -0.115. The van der Waals surface area contributed by atoms with Crippen LogP contribution in [0.2, 0.25) is 0 Å². The molecule has 0 amide bonds. The van der Waals surface area contributed by atoms with E-state index in [4.69, 9.17) is 0 Å². The molecule has 0 unspecified atom stereocenters. The maximum Gasteiger partial charge on any atom is 0.319 e. The first kappa shape index (κ1) is 9.52. The van der Waals surface area contributed by atoms with Crippen molar-refractivity contribution in [2.24, 2.45) is 0 Å². The quantitative estimate of drug-likeness (QED) is 0.579. The van der Waals surface area contributed by atoms with Crippen molar-refractivity contribution in [1.29, 1.82) is 0 Å². The highest BCUT2D eigenvalue weighted by Gasteiger charge is 2.29. The molecule has 70 valence electrons. The lowest BCUT2D eigenvalue weighted by Gasteiger charge is -2.18. The number of nitrogens with zero attached hydrogens (tertiary/aromatic N) is 1. The molecule has 3 nitrogen and oxygen atoms in total. The Morgan fingerprint density at radius 3 is 2.67 bits per heavy atom. The third-order valence-corrected chi connectivity index (χ3v) is 2.13. The highest BCUT2D eigenvalue weighted by molar-refractivity contribution is 5.71. The molecule has 0 atom stereocenters. The zero-order valence-electron chi connectivity index (χ0n) is 7.88. The Hall–Kier alpha value is -0.570. The normalized spacial score (nSPS) is 16.6. The third kappa shape index (κ3) is 2.81. The van der Waals surface area contributed by atoms with Crippen LogP contribution in [-0.4, -0.2) is 37.1 Å². The van der Waals surface area contributed by atoms with E-state index in [1.165, 1.54) is 20.0 Å². The van der Waals surface area contributed by atoms with Gasteiger partial charge in [-0.3, -0.25) is 9.69 Å². The third-order valence-electron chi connectivity index (χ3n) is 2.13. The summed E-state index contributed by atoms with van der Waals surface area (Å²) in [6, 6.07) is 0.657. The summed E-state index contributed by atoms with van der Waals surface area (Å²) >= 11 is 0. The lowest BCUT2D eigenvalue weighted by atomic mass is 10.4. The lowest BCUT2D eigenvalue weighted by molar-refractivity contribution is -0.142. The van der Waals surface area contributed by atoms with Gasteiger partial charge < -0.3 is 4.74 Å². The van der Waals surface area contributed by atoms with E-state index in [2.05, 4.69) is 16.6 Å². The molecule has 0 aliphatic heterocycles. The Kier molecular flexibility index (Phi) is 3.53. The first-order valence-electron chi connectivity index (χ1n) is 4.58. The van der Waals surface area contributed by atoms with Gasteiger partial charge in [-0.05, 0) is 25.8 Å². The Labute approximate surface area is 73.7 Å². The van der Waals surface area contributed by atoms with Gasteiger partial charge in [-0.15, -0.1) is 0 Å². The number of carbonyl (C=O) groups excluding carboxylic acids is 1. The molecule has 0 aromatic heterocycles. The molecule has 3 heteroatoms. The number of carbonyl (C=O) groups is 1. The number of esters is 1. The van der Waals surface area contributed by atoms with Crippen molar-refractivity contribution in [1.82, 2.24) is 4.90 Å². The second-order valence-corrected chi connectivity index (χ2v) is 3.28. The van der Waals surface area contributed by atoms with Gasteiger partial charge in [0.15, 0.2) is 0 Å². The summed E-state index contributed by atoms with van der Waals surface area (Å²) < 4.78 is 4.62. The van der Waals surface area contributed by atoms with E-state index in [-0.39, 0.29) is 5.97 Å². The molecule has 0 saturated heterocycles. The fourth-order valence-electron chi connectivity index (χ4n) is 1.35. The zero-order chi connectivity index (χ0) is 8.97. The number of hydrogen-bond acceptors (Lipinski definition) is 3. The molecule has 1 rings (SSSR count). The van der Waals surface area contributed by atoms with Crippen LogP contribution in [0.15, 0.2) is 0 Å². The molecule has 0 aromatic rings. The number of ether oxygens (including phenoxy) is 1. The monoisotopic (exact) mass is 171 g/mol. The zero-order valence-corrected chi connectivity index (χ0v) is 7.88. The van der Waals surface area contributed by atoms with Gasteiger partial charge in [0.25, 0.3) is 0 Å². The fourth-order valence-corrected chi connectivity index (χ4v) is 1.35. The second-order valence-electron chi connectivity index (χ2n) is 3.28. The van der Waals surface area contributed by atoms with Crippen LogP contribution in [0.25, 0.3) is 0 Å². The van der Waals surface area contributed by atoms with E-state index >= 15 is 0 Å². The fraction of sp³-hybridized carbons (Fsp3) is 0.889. The second kappa shape index (κ2) is 4.45. The molecular weight excluding hydrogens is 154 g/mol. The van der Waals surface area contributed by atoms with Crippen LogP contribution in [0.1, 0.15) is 26.2 Å². The van der Waals surface area contributed by atoms with Crippen LogP contribution in [0.4, 0.5) is 0 Å². The summed E-state index contributed by atoms with van der Waals surface area (Å²) in [6.07, 6.45) is 3.60.